The van der Waals surface area contributed by atoms with Gasteiger partial charge in [0.1, 0.15) is 5.75 Å². The van der Waals surface area contributed by atoms with E-state index in [0.717, 1.165) is 12.1 Å². The van der Waals surface area contributed by atoms with Gasteiger partial charge in [-0.2, -0.15) is 0 Å². The molecule has 3 N–H and O–H groups in total. The van der Waals surface area contributed by atoms with Gasteiger partial charge < -0.3 is 20.7 Å². The minimum atomic E-state index is -0.532. The molecule has 0 bridgehead atoms. The SMILES string of the molecule is CC[C@@H](N)C(=O)Nc1ccc(N2CCCC2=O)c(OC)c1. The number of nitrogens with one attached hydrogen (secondary N) is 1. The first-order valence-electron chi connectivity index (χ1n) is 7.11. The summed E-state index contributed by atoms with van der Waals surface area (Å²) in [4.78, 5) is 25.3. The summed E-state index contributed by atoms with van der Waals surface area (Å²) in [6, 6.07) is 4.72. The van der Waals surface area contributed by atoms with Gasteiger partial charge in [-0.25, -0.2) is 0 Å². The van der Waals surface area contributed by atoms with Crippen molar-refractivity contribution in [2.45, 2.75) is 32.2 Å². The highest BCUT2D eigenvalue weighted by atomic mass is 16.5. The van der Waals surface area contributed by atoms with Crippen molar-refractivity contribution >= 4 is 23.2 Å². The Bertz CT molecular complexity index is 545. The van der Waals surface area contributed by atoms with E-state index in [1.165, 1.54) is 0 Å². The molecule has 114 valence electrons. The molecule has 21 heavy (non-hydrogen) atoms. The smallest absolute Gasteiger partial charge is 0.241 e. The molecule has 2 rings (SSSR count). The number of rotatable bonds is 5. The van der Waals surface area contributed by atoms with E-state index in [0.29, 0.717) is 30.8 Å². The van der Waals surface area contributed by atoms with Gasteiger partial charge in [-0.05, 0) is 25.0 Å². The van der Waals surface area contributed by atoms with Gasteiger partial charge in [0.25, 0.3) is 0 Å². The predicted octanol–water partition coefficient (Wildman–Crippen LogP) is 1.50. The molecule has 0 aromatic heterocycles. The van der Waals surface area contributed by atoms with Crippen LogP contribution in [-0.4, -0.2) is 31.5 Å². The number of benzene rings is 1. The number of hydrogen-bond donors (Lipinski definition) is 2. The number of carbonyl (C=O) groups excluding carboxylic acids is 2. The van der Waals surface area contributed by atoms with Crippen molar-refractivity contribution in [1.29, 1.82) is 0 Å². The summed E-state index contributed by atoms with van der Waals surface area (Å²) in [7, 11) is 1.54. The number of ether oxygens (including phenoxy) is 1. The van der Waals surface area contributed by atoms with Gasteiger partial charge in [0, 0.05) is 24.7 Å². The third-order valence-corrected chi connectivity index (χ3v) is 3.59. The third kappa shape index (κ3) is 3.33. The molecule has 0 aliphatic carbocycles. The summed E-state index contributed by atoms with van der Waals surface area (Å²) in [5.74, 6) is 0.427. The second-order valence-electron chi connectivity index (χ2n) is 5.04. The highest BCUT2D eigenvalue weighted by Crippen LogP contribution is 2.33. The van der Waals surface area contributed by atoms with E-state index >= 15 is 0 Å². The Labute approximate surface area is 124 Å². The van der Waals surface area contributed by atoms with E-state index in [1.54, 1.807) is 30.2 Å². The van der Waals surface area contributed by atoms with Crippen molar-refractivity contribution in [3.8, 4) is 5.75 Å². The standard InChI is InChI=1S/C15H21N3O3/c1-3-11(16)15(20)17-10-6-7-12(13(9-10)21-2)18-8-4-5-14(18)19/h6-7,9,11H,3-5,8,16H2,1-2H3,(H,17,20)/t11-/m1/s1. The van der Waals surface area contributed by atoms with Crippen LogP contribution >= 0.6 is 0 Å². The first kappa shape index (κ1) is 15.3. The fraction of sp³-hybridized carbons (Fsp3) is 0.467. The maximum absolute atomic E-state index is 11.8. The van der Waals surface area contributed by atoms with Crippen LogP contribution in [0.25, 0.3) is 0 Å². The van der Waals surface area contributed by atoms with E-state index in [-0.39, 0.29) is 11.8 Å². The van der Waals surface area contributed by atoms with Crippen LogP contribution in [0.3, 0.4) is 0 Å². The van der Waals surface area contributed by atoms with Gasteiger partial charge in [0.05, 0.1) is 18.8 Å². The molecule has 0 saturated carbocycles. The molecule has 1 aliphatic rings. The van der Waals surface area contributed by atoms with Crippen molar-refractivity contribution in [3.63, 3.8) is 0 Å². The van der Waals surface area contributed by atoms with Crippen molar-refractivity contribution in [2.75, 3.05) is 23.9 Å². The van der Waals surface area contributed by atoms with Gasteiger partial charge in [-0.1, -0.05) is 6.92 Å². The van der Waals surface area contributed by atoms with Gasteiger partial charge in [-0.3, -0.25) is 9.59 Å². The summed E-state index contributed by atoms with van der Waals surface area (Å²) < 4.78 is 5.34. The Morgan fingerprint density at radius 2 is 2.29 bits per heavy atom. The highest BCUT2D eigenvalue weighted by molar-refractivity contribution is 5.98. The summed E-state index contributed by atoms with van der Waals surface area (Å²) in [6.07, 6.45) is 1.99. The van der Waals surface area contributed by atoms with Crippen LogP contribution in [0.2, 0.25) is 0 Å². The Hall–Kier alpha value is -2.08. The van der Waals surface area contributed by atoms with Crippen LogP contribution < -0.4 is 20.7 Å². The van der Waals surface area contributed by atoms with E-state index in [4.69, 9.17) is 10.5 Å². The second kappa shape index (κ2) is 6.58. The summed E-state index contributed by atoms with van der Waals surface area (Å²) in [5.41, 5.74) is 7.03. The number of anilines is 2. The molecular weight excluding hydrogens is 270 g/mol. The van der Waals surface area contributed by atoms with Crippen LogP contribution in [-0.2, 0) is 9.59 Å². The predicted molar refractivity (Wildman–Crippen MR) is 81.5 cm³/mol. The Morgan fingerprint density at radius 3 is 2.86 bits per heavy atom. The fourth-order valence-corrected chi connectivity index (χ4v) is 2.30. The van der Waals surface area contributed by atoms with E-state index in [2.05, 4.69) is 5.32 Å². The van der Waals surface area contributed by atoms with Crippen LogP contribution in [0.1, 0.15) is 26.2 Å². The Morgan fingerprint density at radius 1 is 1.52 bits per heavy atom. The zero-order chi connectivity index (χ0) is 15.4. The lowest BCUT2D eigenvalue weighted by atomic mass is 10.2. The summed E-state index contributed by atoms with van der Waals surface area (Å²) >= 11 is 0. The van der Waals surface area contributed by atoms with Crippen LogP contribution in [0.15, 0.2) is 18.2 Å². The molecule has 2 amide bonds. The number of nitrogens with zero attached hydrogens (tertiary/aromatic N) is 1. The van der Waals surface area contributed by atoms with Crippen molar-refractivity contribution in [3.05, 3.63) is 18.2 Å². The molecule has 1 heterocycles. The molecular formula is C15H21N3O3. The summed E-state index contributed by atoms with van der Waals surface area (Å²) in [5, 5.41) is 2.75. The first-order valence-corrected chi connectivity index (χ1v) is 7.11. The van der Waals surface area contributed by atoms with Crippen LogP contribution in [0.4, 0.5) is 11.4 Å². The average molecular weight is 291 g/mol. The number of hydrogen-bond acceptors (Lipinski definition) is 4. The molecule has 1 atom stereocenters. The maximum atomic E-state index is 11.8. The normalized spacial score (nSPS) is 16.0. The molecule has 1 aromatic rings. The minimum Gasteiger partial charge on any atom is -0.494 e. The highest BCUT2D eigenvalue weighted by Gasteiger charge is 2.24. The number of nitrogens with two attached hydrogens (primary N) is 1. The number of carbonyl (C=O) groups is 2. The zero-order valence-electron chi connectivity index (χ0n) is 12.4. The molecule has 0 spiro atoms. The molecule has 1 aliphatic heterocycles. The minimum absolute atomic E-state index is 0.0955. The van der Waals surface area contributed by atoms with Gasteiger partial charge in [-0.15, -0.1) is 0 Å². The van der Waals surface area contributed by atoms with E-state index < -0.39 is 6.04 Å². The Balaban J connectivity index is 2.20. The second-order valence-corrected chi connectivity index (χ2v) is 5.04. The molecule has 6 heteroatoms. The largest absolute Gasteiger partial charge is 0.494 e. The average Bonchev–Trinajstić information content (AvgIpc) is 2.92. The maximum Gasteiger partial charge on any atom is 0.241 e. The fourth-order valence-electron chi connectivity index (χ4n) is 2.30. The van der Waals surface area contributed by atoms with Gasteiger partial charge in [0.2, 0.25) is 11.8 Å². The molecule has 0 radical (unpaired) electrons. The Kier molecular flexibility index (Phi) is 4.80. The van der Waals surface area contributed by atoms with Gasteiger partial charge >= 0.3 is 0 Å². The van der Waals surface area contributed by atoms with Gasteiger partial charge in [0.15, 0.2) is 0 Å². The van der Waals surface area contributed by atoms with Crippen LogP contribution in [0.5, 0.6) is 5.75 Å². The molecule has 0 unspecified atom stereocenters. The lowest BCUT2D eigenvalue weighted by Crippen LogP contribution is -2.34. The first-order chi connectivity index (χ1) is 10.1. The lowest BCUT2D eigenvalue weighted by molar-refractivity contribution is -0.118. The number of amides is 2. The lowest BCUT2D eigenvalue weighted by Gasteiger charge is -2.20. The zero-order valence-corrected chi connectivity index (χ0v) is 12.4. The number of methoxy groups -OCH3 is 1. The molecule has 1 saturated heterocycles. The van der Waals surface area contributed by atoms with Crippen LogP contribution in [0, 0.1) is 0 Å². The van der Waals surface area contributed by atoms with Crippen molar-refractivity contribution < 1.29 is 14.3 Å². The quantitative estimate of drug-likeness (QED) is 0.861. The molecule has 6 nitrogen and oxygen atoms in total. The molecule has 1 aromatic carbocycles. The van der Waals surface area contributed by atoms with Crippen molar-refractivity contribution in [2.24, 2.45) is 5.73 Å². The van der Waals surface area contributed by atoms with E-state index in [1.807, 2.05) is 6.92 Å². The molecule has 1 fully saturated rings. The third-order valence-electron chi connectivity index (χ3n) is 3.59. The topological polar surface area (TPSA) is 84.7 Å². The monoisotopic (exact) mass is 291 g/mol. The summed E-state index contributed by atoms with van der Waals surface area (Å²) in [6.45, 7) is 2.55. The van der Waals surface area contributed by atoms with E-state index in [9.17, 15) is 9.59 Å². The van der Waals surface area contributed by atoms with Crippen molar-refractivity contribution in [1.82, 2.24) is 0 Å².